The first kappa shape index (κ1) is 14.8. The van der Waals surface area contributed by atoms with Gasteiger partial charge in [-0.25, -0.2) is 0 Å². The van der Waals surface area contributed by atoms with E-state index in [2.05, 4.69) is 24.1 Å². The highest BCUT2D eigenvalue weighted by Crippen LogP contribution is 2.19. The van der Waals surface area contributed by atoms with Crippen molar-refractivity contribution < 1.29 is 9.90 Å². The van der Waals surface area contributed by atoms with Gasteiger partial charge in [-0.1, -0.05) is 13.8 Å². The Labute approximate surface area is 120 Å². The lowest BCUT2D eigenvalue weighted by atomic mass is 9.97. The minimum atomic E-state index is -0.0392. The van der Waals surface area contributed by atoms with Crippen LogP contribution in [0, 0.1) is 5.92 Å². The quantitative estimate of drug-likeness (QED) is 0.878. The summed E-state index contributed by atoms with van der Waals surface area (Å²) in [5.74, 6) is 0.494. The number of likely N-dealkylation sites (tertiary alicyclic amines) is 1. The van der Waals surface area contributed by atoms with E-state index < -0.39 is 0 Å². The number of hydrogen-bond donors (Lipinski definition) is 2. The Balaban J connectivity index is 1.96. The number of nitrogens with zero attached hydrogens (tertiary/aromatic N) is 2. The zero-order valence-corrected chi connectivity index (χ0v) is 12.2. The van der Waals surface area contributed by atoms with Crippen molar-refractivity contribution in [3.8, 4) is 5.75 Å². The van der Waals surface area contributed by atoms with Crippen molar-refractivity contribution in [2.24, 2.45) is 5.92 Å². The molecule has 1 aliphatic heterocycles. The minimum Gasteiger partial charge on any atom is -0.506 e. The van der Waals surface area contributed by atoms with Gasteiger partial charge in [-0.05, 0) is 31.4 Å². The van der Waals surface area contributed by atoms with E-state index in [-0.39, 0.29) is 11.7 Å². The number of aromatic hydroxyl groups is 1. The average Bonchev–Trinajstić information content (AvgIpc) is 2.44. The molecule has 5 heteroatoms. The standard InChI is InChI=1S/C15H23N3O2/c1-11(2)17-7-12-4-3-5-18(10-12)15(20)13-6-14(19)9-16-8-13/h6,8-9,11-12,17,19H,3-5,7,10H2,1-2H3. The fourth-order valence-corrected chi connectivity index (χ4v) is 2.55. The summed E-state index contributed by atoms with van der Waals surface area (Å²) in [6, 6.07) is 1.95. The maximum atomic E-state index is 12.4. The first-order chi connectivity index (χ1) is 9.56. The van der Waals surface area contributed by atoms with Crippen LogP contribution >= 0.6 is 0 Å². The van der Waals surface area contributed by atoms with Crippen molar-refractivity contribution >= 4 is 5.91 Å². The van der Waals surface area contributed by atoms with E-state index in [0.29, 0.717) is 17.5 Å². The zero-order valence-electron chi connectivity index (χ0n) is 12.2. The molecule has 20 heavy (non-hydrogen) atoms. The summed E-state index contributed by atoms with van der Waals surface area (Å²) in [5.41, 5.74) is 0.461. The summed E-state index contributed by atoms with van der Waals surface area (Å²) < 4.78 is 0. The van der Waals surface area contributed by atoms with Gasteiger partial charge < -0.3 is 15.3 Å². The molecule has 1 fully saturated rings. The highest BCUT2D eigenvalue weighted by Gasteiger charge is 2.24. The molecule has 110 valence electrons. The SMILES string of the molecule is CC(C)NCC1CCCN(C(=O)c2cncc(O)c2)C1. The Bertz CT molecular complexity index is 462. The predicted molar refractivity (Wildman–Crippen MR) is 77.7 cm³/mol. The fourth-order valence-electron chi connectivity index (χ4n) is 2.55. The van der Waals surface area contributed by atoms with Crippen molar-refractivity contribution in [1.29, 1.82) is 0 Å². The smallest absolute Gasteiger partial charge is 0.255 e. The number of hydrogen-bond acceptors (Lipinski definition) is 4. The molecule has 2 heterocycles. The van der Waals surface area contributed by atoms with Gasteiger partial charge >= 0.3 is 0 Å². The predicted octanol–water partition coefficient (Wildman–Crippen LogP) is 1.64. The van der Waals surface area contributed by atoms with Crippen LogP contribution in [0.25, 0.3) is 0 Å². The van der Waals surface area contributed by atoms with Crippen molar-refractivity contribution in [3.05, 3.63) is 24.0 Å². The van der Waals surface area contributed by atoms with Crippen LogP contribution in [0.15, 0.2) is 18.5 Å². The van der Waals surface area contributed by atoms with E-state index in [9.17, 15) is 9.90 Å². The third-order valence-corrected chi connectivity index (χ3v) is 3.59. The second-order valence-corrected chi connectivity index (χ2v) is 5.75. The van der Waals surface area contributed by atoms with Gasteiger partial charge in [-0.2, -0.15) is 0 Å². The molecule has 0 bridgehead atoms. The average molecular weight is 277 g/mol. The van der Waals surface area contributed by atoms with Crippen molar-refractivity contribution in [1.82, 2.24) is 15.2 Å². The first-order valence-electron chi connectivity index (χ1n) is 7.23. The number of pyridine rings is 1. The molecule has 1 unspecified atom stereocenters. The summed E-state index contributed by atoms with van der Waals surface area (Å²) >= 11 is 0. The summed E-state index contributed by atoms with van der Waals surface area (Å²) in [6.07, 6.45) is 5.03. The number of piperidine rings is 1. The molecule has 0 saturated carbocycles. The van der Waals surface area contributed by atoms with Crippen LogP contribution in [0.4, 0.5) is 0 Å². The van der Waals surface area contributed by atoms with Crippen LogP contribution in [0.1, 0.15) is 37.0 Å². The second-order valence-electron chi connectivity index (χ2n) is 5.75. The molecule has 1 amide bonds. The molecule has 5 nitrogen and oxygen atoms in total. The van der Waals surface area contributed by atoms with Crippen LogP contribution in [-0.4, -0.2) is 46.6 Å². The normalized spacial score (nSPS) is 19.4. The fraction of sp³-hybridized carbons (Fsp3) is 0.600. The van der Waals surface area contributed by atoms with E-state index in [1.165, 1.54) is 18.5 Å². The number of carbonyl (C=O) groups is 1. The Morgan fingerprint density at radius 1 is 1.55 bits per heavy atom. The Hall–Kier alpha value is -1.62. The van der Waals surface area contributed by atoms with Gasteiger partial charge in [0.2, 0.25) is 0 Å². The molecule has 0 aromatic carbocycles. The van der Waals surface area contributed by atoms with Gasteiger partial charge in [0.15, 0.2) is 0 Å². The first-order valence-corrected chi connectivity index (χ1v) is 7.23. The van der Waals surface area contributed by atoms with Crippen molar-refractivity contribution in [2.75, 3.05) is 19.6 Å². The zero-order chi connectivity index (χ0) is 14.5. The molecule has 2 N–H and O–H groups in total. The summed E-state index contributed by atoms with van der Waals surface area (Å²) in [4.78, 5) is 18.1. The number of amides is 1. The monoisotopic (exact) mass is 277 g/mol. The molecule has 1 atom stereocenters. The van der Waals surface area contributed by atoms with Gasteiger partial charge in [0, 0.05) is 25.3 Å². The van der Waals surface area contributed by atoms with Crippen molar-refractivity contribution in [2.45, 2.75) is 32.7 Å². The molecule has 1 aromatic rings. The number of carbonyl (C=O) groups excluding carboxylic acids is 1. The molecule has 2 rings (SSSR count). The highest BCUT2D eigenvalue weighted by molar-refractivity contribution is 5.94. The molecule has 0 spiro atoms. The van der Waals surface area contributed by atoms with Gasteiger partial charge in [0.25, 0.3) is 5.91 Å². The van der Waals surface area contributed by atoms with E-state index >= 15 is 0 Å². The number of nitrogens with one attached hydrogen (secondary N) is 1. The summed E-state index contributed by atoms with van der Waals surface area (Å²) in [7, 11) is 0. The Morgan fingerprint density at radius 3 is 3.05 bits per heavy atom. The van der Waals surface area contributed by atoms with Crippen LogP contribution in [0.5, 0.6) is 5.75 Å². The molecule has 0 aliphatic carbocycles. The van der Waals surface area contributed by atoms with Gasteiger partial charge in [-0.15, -0.1) is 0 Å². The molecule has 1 aromatic heterocycles. The van der Waals surface area contributed by atoms with Crippen LogP contribution in [0.2, 0.25) is 0 Å². The topological polar surface area (TPSA) is 65.5 Å². The lowest BCUT2D eigenvalue weighted by Gasteiger charge is -2.33. The molecular weight excluding hydrogens is 254 g/mol. The number of rotatable bonds is 4. The van der Waals surface area contributed by atoms with Gasteiger partial charge in [0.05, 0.1) is 11.8 Å². The van der Waals surface area contributed by atoms with Crippen LogP contribution in [0.3, 0.4) is 0 Å². The Morgan fingerprint density at radius 2 is 2.35 bits per heavy atom. The third-order valence-electron chi connectivity index (χ3n) is 3.59. The van der Waals surface area contributed by atoms with Crippen molar-refractivity contribution in [3.63, 3.8) is 0 Å². The largest absolute Gasteiger partial charge is 0.506 e. The molecule has 1 saturated heterocycles. The van der Waals surface area contributed by atoms with E-state index in [1.54, 1.807) is 0 Å². The van der Waals surface area contributed by atoms with Gasteiger partial charge in [-0.3, -0.25) is 9.78 Å². The maximum absolute atomic E-state index is 12.4. The maximum Gasteiger partial charge on any atom is 0.255 e. The van der Waals surface area contributed by atoms with E-state index in [4.69, 9.17) is 0 Å². The lowest BCUT2D eigenvalue weighted by molar-refractivity contribution is 0.0671. The van der Waals surface area contributed by atoms with Crippen LogP contribution in [-0.2, 0) is 0 Å². The minimum absolute atomic E-state index is 0.0332. The second kappa shape index (κ2) is 6.70. The van der Waals surface area contributed by atoms with Gasteiger partial charge in [0.1, 0.15) is 5.75 Å². The van der Waals surface area contributed by atoms with E-state index in [0.717, 1.165) is 32.5 Å². The Kier molecular flexibility index (Phi) is 4.95. The lowest BCUT2D eigenvalue weighted by Crippen LogP contribution is -2.43. The number of aromatic nitrogens is 1. The molecule has 0 radical (unpaired) electrons. The third kappa shape index (κ3) is 3.93. The summed E-state index contributed by atoms with van der Waals surface area (Å²) in [5, 5.41) is 12.8. The summed E-state index contributed by atoms with van der Waals surface area (Å²) in [6.45, 7) is 6.76. The molecular formula is C15H23N3O2. The van der Waals surface area contributed by atoms with Crippen LogP contribution < -0.4 is 5.32 Å². The highest BCUT2D eigenvalue weighted by atomic mass is 16.3. The van der Waals surface area contributed by atoms with E-state index in [1.807, 2.05) is 4.90 Å². The molecule has 1 aliphatic rings.